The highest BCUT2D eigenvalue weighted by Crippen LogP contribution is 2.17. The number of rotatable bonds is 2. The van der Waals surface area contributed by atoms with Crippen LogP contribution in [0.5, 0.6) is 5.75 Å². The van der Waals surface area contributed by atoms with Gasteiger partial charge in [-0.2, -0.15) is 0 Å². The minimum atomic E-state index is -2.97. The van der Waals surface area contributed by atoms with Crippen LogP contribution in [0.15, 0.2) is 24.3 Å². The Morgan fingerprint density at radius 2 is 1.83 bits per heavy atom. The number of hydrogen-bond donors (Lipinski definition) is 1. The third kappa shape index (κ3) is 3.01. The van der Waals surface area contributed by atoms with Crippen molar-refractivity contribution in [2.45, 2.75) is 6.42 Å². The van der Waals surface area contributed by atoms with Crippen LogP contribution in [0, 0.1) is 0 Å². The van der Waals surface area contributed by atoms with Crippen molar-refractivity contribution in [2.75, 3.05) is 24.6 Å². The number of carbonyl (C=O) groups is 1. The summed E-state index contributed by atoms with van der Waals surface area (Å²) in [5.41, 5.74) is 0.566. The molecule has 1 aromatic rings. The zero-order valence-electron chi connectivity index (χ0n) is 9.87. The molecule has 18 heavy (non-hydrogen) atoms. The molecule has 5 nitrogen and oxygen atoms in total. The molecule has 0 atom stereocenters. The first kappa shape index (κ1) is 12.9. The van der Waals surface area contributed by atoms with Crippen LogP contribution >= 0.6 is 0 Å². The number of sulfone groups is 1. The molecular weight excluding hydrogens is 254 g/mol. The molecule has 1 aliphatic heterocycles. The van der Waals surface area contributed by atoms with Crippen LogP contribution in [0.3, 0.4) is 0 Å². The minimum absolute atomic E-state index is 0.0273. The summed E-state index contributed by atoms with van der Waals surface area (Å²) in [6.45, 7) is 0.490. The van der Waals surface area contributed by atoms with Crippen molar-refractivity contribution in [1.29, 1.82) is 0 Å². The predicted octanol–water partition coefficient (Wildman–Crippen LogP) is 0.192. The van der Waals surface area contributed by atoms with E-state index in [0.29, 0.717) is 5.56 Å². The Morgan fingerprint density at radius 1 is 1.22 bits per heavy atom. The van der Waals surface area contributed by atoms with E-state index in [1.54, 1.807) is 18.2 Å². The van der Waals surface area contributed by atoms with E-state index in [-0.39, 0.29) is 42.7 Å². The van der Waals surface area contributed by atoms with Gasteiger partial charge in [0.1, 0.15) is 5.75 Å². The average molecular weight is 269 g/mol. The lowest BCUT2D eigenvalue weighted by Crippen LogP contribution is -2.44. The van der Waals surface area contributed by atoms with Crippen LogP contribution in [-0.4, -0.2) is 48.9 Å². The first-order valence-corrected chi connectivity index (χ1v) is 7.55. The Kier molecular flexibility index (Phi) is 3.56. The van der Waals surface area contributed by atoms with Crippen molar-refractivity contribution < 1.29 is 18.3 Å². The van der Waals surface area contributed by atoms with Crippen molar-refractivity contribution in [1.82, 2.24) is 4.90 Å². The molecule has 0 saturated carbocycles. The molecule has 0 spiro atoms. The van der Waals surface area contributed by atoms with E-state index < -0.39 is 9.84 Å². The summed E-state index contributed by atoms with van der Waals surface area (Å²) < 4.78 is 22.5. The molecule has 1 amide bonds. The Hall–Kier alpha value is -1.56. The number of carbonyl (C=O) groups excluding carboxylic acids is 1. The fraction of sp³-hybridized carbons (Fsp3) is 0.417. The molecule has 1 heterocycles. The van der Waals surface area contributed by atoms with Gasteiger partial charge in [-0.05, 0) is 6.07 Å². The molecule has 1 fully saturated rings. The van der Waals surface area contributed by atoms with Crippen LogP contribution in [-0.2, 0) is 21.1 Å². The van der Waals surface area contributed by atoms with Crippen molar-refractivity contribution in [3.63, 3.8) is 0 Å². The van der Waals surface area contributed by atoms with Crippen molar-refractivity contribution in [3.8, 4) is 5.75 Å². The van der Waals surface area contributed by atoms with Gasteiger partial charge < -0.3 is 10.0 Å². The van der Waals surface area contributed by atoms with Gasteiger partial charge in [0.15, 0.2) is 9.84 Å². The summed E-state index contributed by atoms with van der Waals surface area (Å²) in [5, 5.41) is 9.57. The van der Waals surface area contributed by atoms with Crippen LogP contribution in [0.4, 0.5) is 0 Å². The Balaban J connectivity index is 2.00. The van der Waals surface area contributed by atoms with E-state index in [0.717, 1.165) is 0 Å². The number of phenols is 1. The van der Waals surface area contributed by atoms with Crippen LogP contribution in [0.25, 0.3) is 0 Å². The topological polar surface area (TPSA) is 74.7 Å². The maximum atomic E-state index is 12.0. The van der Waals surface area contributed by atoms with Gasteiger partial charge in [-0.1, -0.05) is 18.2 Å². The third-order valence-electron chi connectivity index (χ3n) is 3.03. The molecule has 1 aromatic carbocycles. The minimum Gasteiger partial charge on any atom is -0.508 e. The van der Waals surface area contributed by atoms with Crippen molar-refractivity contribution in [2.24, 2.45) is 0 Å². The first-order valence-electron chi connectivity index (χ1n) is 5.73. The van der Waals surface area contributed by atoms with E-state index in [1.165, 1.54) is 11.0 Å². The van der Waals surface area contributed by atoms with Crippen molar-refractivity contribution >= 4 is 15.7 Å². The molecule has 1 saturated heterocycles. The number of amides is 1. The van der Waals surface area contributed by atoms with Gasteiger partial charge in [0, 0.05) is 18.7 Å². The molecule has 2 rings (SSSR count). The SMILES string of the molecule is O=C(Cc1ccccc1O)N1CCS(=O)(=O)CC1. The summed E-state index contributed by atoms with van der Waals surface area (Å²) in [4.78, 5) is 13.5. The van der Waals surface area contributed by atoms with E-state index in [1.807, 2.05) is 0 Å². The highest BCUT2D eigenvalue weighted by atomic mass is 32.2. The monoisotopic (exact) mass is 269 g/mol. The molecular formula is C12H15NO4S. The second-order valence-corrected chi connectivity index (χ2v) is 6.64. The first-order chi connectivity index (χ1) is 8.48. The molecule has 1 aliphatic rings. The highest BCUT2D eigenvalue weighted by molar-refractivity contribution is 7.91. The second-order valence-electron chi connectivity index (χ2n) is 4.34. The van der Waals surface area contributed by atoms with E-state index in [9.17, 15) is 18.3 Å². The Morgan fingerprint density at radius 3 is 2.44 bits per heavy atom. The summed E-state index contributed by atoms with van der Waals surface area (Å²) >= 11 is 0. The van der Waals surface area contributed by atoms with Gasteiger partial charge in [-0.3, -0.25) is 4.79 Å². The second kappa shape index (κ2) is 4.97. The van der Waals surface area contributed by atoms with E-state index in [2.05, 4.69) is 0 Å². The molecule has 0 radical (unpaired) electrons. The summed E-state index contributed by atoms with van der Waals surface area (Å²) in [7, 11) is -2.97. The Bertz CT molecular complexity index is 539. The number of hydrogen-bond acceptors (Lipinski definition) is 4. The molecule has 0 aromatic heterocycles. The van der Waals surface area contributed by atoms with Gasteiger partial charge in [-0.15, -0.1) is 0 Å². The molecule has 6 heteroatoms. The fourth-order valence-corrected chi connectivity index (χ4v) is 3.10. The number of para-hydroxylation sites is 1. The van der Waals surface area contributed by atoms with Gasteiger partial charge in [0.2, 0.25) is 5.91 Å². The van der Waals surface area contributed by atoms with Gasteiger partial charge in [0.25, 0.3) is 0 Å². The third-order valence-corrected chi connectivity index (χ3v) is 4.64. The quantitative estimate of drug-likeness (QED) is 0.832. The molecule has 1 N–H and O–H groups in total. The number of benzene rings is 1. The standard InChI is InChI=1S/C12H15NO4S/c14-11-4-2-1-3-10(11)9-12(15)13-5-7-18(16,17)8-6-13/h1-4,14H,5-9H2. The number of phenolic OH excluding ortho intramolecular Hbond substituents is 1. The Labute approximate surface area is 106 Å². The number of aromatic hydroxyl groups is 1. The van der Waals surface area contributed by atoms with Crippen LogP contribution < -0.4 is 0 Å². The largest absolute Gasteiger partial charge is 0.508 e. The van der Waals surface area contributed by atoms with E-state index in [4.69, 9.17) is 0 Å². The van der Waals surface area contributed by atoms with Crippen LogP contribution in [0.1, 0.15) is 5.56 Å². The lowest BCUT2D eigenvalue weighted by atomic mass is 10.1. The lowest BCUT2D eigenvalue weighted by Gasteiger charge is -2.26. The van der Waals surface area contributed by atoms with Gasteiger partial charge in [-0.25, -0.2) is 8.42 Å². The van der Waals surface area contributed by atoms with Gasteiger partial charge >= 0.3 is 0 Å². The maximum absolute atomic E-state index is 12.0. The normalized spacial score (nSPS) is 18.6. The highest BCUT2D eigenvalue weighted by Gasteiger charge is 2.25. The van der Waals surface area contributed by atoms with E-state index >= 15 is 0 Å². The predicted molar refractivity (Wildman–Crippen MR) is 67.0 cm³/mol. The summed E-state index contributed by atoms with van der Waals surface area (Å²) in [6.07, 6.45) is 0.104. The molecule has 0 unspecified atom stereocenters. The summed E-state index contributed by atoms with van der Waals surface area (Å²) in [5.74, 6) is 0.000773. The van der Waals surface area contributed by atoms with Crippen LogP contribution in [0.2, 0.25) is 0 Å². The lowest BCUT2D eigenvalue weighted by molar-refractivity contribution is -0.130. The maximum Gasteiger partial charge on any atom is 0.227 e. The number of nitrogens with zero attached hydrogens (tertiary/aromatic N) is 1. The van der Waals surface area contributed by atoms with Crippen molar-refractivity contribution in [3.05, 3.63) is 29.8 Å². The zero-order chi connectivity index (χ0) is 13.2. The molecule has 0 aliphatic carbocycles. The fourth-order valence-electron chi connectivity index (χ4n) is 1.90. The zero-order valence-corrected chi connectivity index (χ0v) is 10.7. The smallest absolute Gasteiger partial charge is 0.227 e. The molecule has 98 valence electrons. The van der Waals surface area contributed by atoms with Gasteiger partial charge in [0.05, 0.1) is 17.9 Å². The average Bonchev–Trinajstić information content (AvgIpc) is 2.32. The molecule has 0 bridgehead atoms. The summed E-state index contributed by atoms with van der Waals surface area (Å²) in [6, 6.07) is 6.66.